The van der Waals surface area contributed by atoms with E-state index in [0.29, 0.717) is 12.1 Å². The first-order valence-electron chi connectivity index (χ1n) is 10.6. The molecule has 1 aliphatic carbocycles. The Balaban J connectivity index is 1.55. The first kappa shape index (κ1) is 21.5. The van der Waals surface area contributed by atoms with Gasteiger partial charge in [-0.2, -0.15) is 0 Å². The first-order chi connectivity index (χ1) is 15.3. The van der Waals surface area contributed by atoms with Crippen LogP contribution in [0.2, 0.25) is 0 Å². The van der Waals surface area contributed by atoms with Gasteiger partial charge in [0.1, 0.15) is 11.9 Å². The number of benzene rings is 1. The highest BCUT2D eigenvalue weighted by Gasteiger charge is 2.42. The van der Waals surface area contributed by atoms with Crippen LogP contribution >= 0.6 is 0 Å². The number of hydrogen-bond donors (Lipinski definition) is 3. The Hall–Kier alpha value is -3.74. The van der Waals surface area contributed by atoms with E-state index in [-0.39, 0.29) is 11.7 Å². The molecule has 0 spiro atoms. The van der Waals surface area contributed by atoms with Crippen LogP contribution in [0, 0.1) is 5.41 Å². The zero-order valence-corrected chi connectivity index (χ0v) is 18.3. The van der Waals surface area contributed by atoms with E-state index >= 15 is 0 Å². The summed E-state index contributed by atoms with van der Waals surface area (Å²) < 4.78 is 0. The predicted molar refractivity (Wildman–Crippen MR) is 124 cm³/mol. The van der Waals surface area contributed by atoms with Crippen molar-refractivity contribution >= 4 is 34.0 Å². The van der Waals surface area contributed by atoms with Crippen LogP contribution in [0.4, 0.5) is 11.5 Å². The maximum Gasteiger partial charge on any atom is 0.326 e. The summed E-state index contributed by atoms with van der Waals surface area (Å²) in [5.41, 5.74) is 1.77. The van der Waals surface area contributed by atoms with Crippen molar-refractivity contribution in [1.82, 2.24) is 15.3 Å². The molecule has 0 radical (unpaired) electrons. The summed E-state index contributed by atoms with van der Waals surface area (Å²) in [6.07, 6.45) is 7.38. The molecule has 0 fully saturated rings. The van der Waals surface area contributed by atoms with Crippen molar-refractivity contribution in [3.8, 4) is 0 Å². The minimum Gasteiger partial charge on any atom is -0.480 e. The summed E-state index contributed by atoms with van der Waals surface area (Å²) in [4.78, 5) is 32.5. The van der Waals surface area contributed by atoms with Gasteiger partial charge in [0.15, 0.2) is 5.78 Å². The van der Waals surface area contributed by atoms with E-state index in [2.05, 4.69) is 20.6 Å². The van der Waals surface area contributed by atoms with Crippen LogP contribution in [0.25, 0.3) is 10.8 Å². The average molecular weight is 431 g/mol. The molecule has 1 aromatic carbocycles. The average Bonchev–Trinajstić information content (AvgIpc) is 2.79. The lowest BCUT2D eigenvalue weighted by molar-refractivity contribution is -0.140. The Kier molecular flexibility index (Phi) is 5.65. The summed E-state index contributed by atoms with van der Waals surface area (Å²) in [6, 6.07) is 10.7. The van der Waals surface area contributed by atoms with E-state index in [4.69, 9.17) is 0 Å². The highest BCUT2D eigenvalue weighted by molar-refractivity contribution is 6.04. The van der Waals surface area contributed by atoms with Gasteiger partial charge >= 0.3 is 5.97 Å². The fraction of sp³-hybridized carbons (Fsp3) is 0.280. The van der Waals surface area contributed by atoms with Crippen molar-refractivity contribution in [2.24, 2.45) is 5.41 Å². The molecule has 4 rings (SSSR count). The Bertz CT molecular complexity index is 1200. The van der Waals surface area contributed by atoms with E-state index < -0.39 is 17.4 Å². The topological polar surface area (TPSA) is 104 Å². The number of anilines is 2. The van der Waals surface area contributed by atoms with Crippen LogP contribution in [0.3, 0.4) is 0 Å². The second-order valence-corrected chi connectivity index (χ2v) is 8.53. The smallest absolute Gasteiger partial charge is 0.326 e. The number of allylic oxidation sites excluding steroid dienone is 2. The van der Waals surface area contributed by atoms with Crippen molar-refractivity contribution in [1.29, 1.82) is 0 Å². The van der Waals surface area contributed by atoms with Crippen LogP contribution < -0.4 is 10.6 Å². The Labute approximate surface area is 186 Å². The second-order valence-electron chi connectivity index (χ2n) is 8.53. The largest absolute Gasteiger partial charge is 0.480 e. The highest BCUT2D eigenvalue weighted by atomic mass is 16.4. The van der Waals surface area contributed by atoms with Gasteiger partial charge in [0.05, 0.1) is 5.41 Å². The molecule has 1 aliphatic rings. The molecule has 2 heterocycles. The lowest BCUT2D eigenvalue weighted by Crippen LogP contribution is -2.49. The van der Waals surface area contributed by atoms with E-state index in [0.717, 1.165) is 27.8 Å². The highest BCUT2D eigenvalue weighted by Crippen LogP contribution is 2.36. The second kappa shape index (κ2) is 8.42. The Morgan fingerprint density at radius 3 is 2.50 bits per heavy atom. The fourth-order valence-electron chi connectivity index (χ4n) is 4.00. The number of carbonyl (C=O) groups is 2. The first-order valence-corrected chi connectivity index (χ1v) is 10.6. The summed E-state index contributed by atoms with van der Waals surface area (Å²) in [6.45, 7) is 5.57. The van der Waals surface area contributed by atoms with Gasteiger partial charge in [0.25, 0.3) is 0 Å². The molecule has 0 amide bonds. The molecule has 2 aromatic heterocycles. The van der Waals surface area contributed by atoms with E-state index in [1.807, 2.05) is 43.3 Å². The fourth-order valence-corrected chi connectivity index (χ4v) is 4.00. The van der Waals surface area contributed by atoms with Gasteiger partial charge in [-0.1, -0.05) is 19.1 Å². The van der Waals surface area contributed by atoms with Crippen LogP contribution in [-0.4, -0.2) is 32.9 Å². The minimum absolute atomic E-state index is 0.00504. The van der Waals surface area contributed by atoms with Gasteiger partial charge in [-0.05, 0) is 50.1 Å². The summed E-state index contributed by atoms with van der Waals surface area (Å²) >= 11 is 0. The van der Waals surface area contributed by atoms with Crippen molar-refractivity contribution in [3.63, 3.8) is 0 Å². The van der Waals surface area contributed by atoms with Gasteiger partial charge in [-0.3, -0.25) is 9.78 Å². The molecule has 164 valence electrons. The van der Waals surface area contributed by atoms with Gasteiger partial charge < -0.3 is 15.7 Å². The summed E-state index contributed by atoms with van der Waals surface area (Å²) in [5.74, 6) is -0.455. The van der Waals surface area contributed by atoms with Crippen molar-refractivity contribution < 1.29 is 14.7 Å². The third kappa shape index (κ3) is 3.93. The van der Waals surface area contributed by atoms with Crippen molar-refractivity contribution in [2.45, 2.75) is 39.2 Å². The number of ketones is 1. The number of carbonyl (C=O) groups excluding carboxylic acids is 1. The van der Waals surface area contributed by atoms with Gasteiger partial charge in [0, 0.05) is 52.7 Å². The molecule has 3 N–H and O–H groups in total. The molecule has 3 aromatic rings. The van der Waals surface area contributed by atoms with Crippen molar-refractivity contribution in [2.75, 3.05) is 5.32 Å². The zero-order chi connectivity index (χ0) is 22.9. The monoisotopic (exact) mass is 430 g/mol. The normalized spacial score (nSPS) is 16.6. The van der Waals surface area contributed by atoms with E-state index in [9.17, 15) is 14.7 Å². The molecule has 0 bridgehead atoms. The molecule has 0 saturated heterocycles. The Morgan fingerprint density at radius 2 is 1.88 bits per heavy atom. The molecule has 2 atom stereocenters. The quantitative estimate of drug-likeness (QED) is 0.486. The third-order valence-corrected chi connectivity index (χ3v) is 6.15. The minimum atomic E-state index is -0.941. The number of aliphatic carboxylic acids is 1. The molecule has 7 heteroatoms. The molecule has 7 nitrogen and oxygen atoms in total. The maximum absolute atomic E-state index is 12.1. The van der Waals surface area contributed by atoms with E-state index in [1.165, 1.54) is 6.08 Å². The number of pyridine rings is 2. The summed E-state index contributed by atoms with van der Waals surface area (Å²) in [5, 5.41) is 18.3. The van der Waals surface area contributed by atoms with Crippen LogP contribution in [-0.2, 0) is 9.59 Å². The van der Waals surface area contributed by atoms with Gasteiger partial charge in [0.2, 0.25) is 0 Å². The maximum atomic E-state index is 12.1. The van der Waals surface area contributed by atoms with Crippen LogP contribution in [0.1, 0.15) is 38.7 Å². The Morgan fingerprint density at radius 1 is 1.12 bits per heavy atom. The third-order valence-electron chi connectivity index (χ3n) is 6.15. The number of aromatic nitrogens is 2. The molecular formula is C25H26N4O3. The standard InChI is InChI=1S/C25H26N4O3/c1-4-18(22(24(31)32)29-20-13-21(30)25(20,2)3)15-5-7-17(8-6-15)28-23-19-10-11-26-14-16(19)9-12-27-23/h5-14,18,22,29H,4H2,1-3H3,(H,27,28)(H,31,32)/t18?,22-/m0/s1. The number of nitrogens with one attached hydrogen (secondary N) is 2. The van der Waals surface area contributed by atoms with Crippen molar-refractivity contribution in [3.05, 3.63) is 72.3 Å². The van der Waals surface area contributed by atoms with Crippen LogP contribution in [0.15, 0.2) is 66.8 Å². The number of carboxylic acid groups (broad SMARTS) is 1. The molecule has 0 aliphatic heterocycles. The molecular weight excluding hydrogens is 404 g/mol. The molecule has 32 heavy (non-hydrogen) atoms. The number of hydrogen-bond acceptors (Lipinski definition) is 6. The molecule has 0 saturated carbocycles. The van der Waals surface area contributed by atoms with Gasteiger partial charge in [-0.15, -0.1) is 0 Å². The summed E-state index contributed by atoms with van der Waals surface area (Å²) in [7, 11) is 0. The van der Waals surface area contributed by atoms with Gasteiger partial charge in [-0.25, -0.2) is 9.78 Å². The lowest BCUT2D eigenvalue weighted by Gasteiger charge is -2.37. The number of fused-ring (bicyclic) bond motifs is 1. The number of nitrogens with zero attached hydrogens (tertiary/aromatic N) is 2. The molecule has 1 unspecified atom stereocenters. The SMILES string of the molecule is CCC(c1ccc(Nc2nccc3cnccc23)cc1)[C@H](NC1=CC(=O)C1(C)C)C(=O)O. The number of rotatable bonds is 8. The number of carboxylic acids is 1. The van der Waals surface area contributed by atoms with Crippen LogP contribution in [0.5, 0.6) is 0 Å². The zero-order valence-electron chi connectivity index (χ0n) is 18.3. The van der Waals surface area contributed by atoms with E-state index in [1.54, 1.807) is 32.4 Å². The lowest BCUT2D eigenvalue weighted by atomic mass is 9.74. The predicted octanol–water partition coefficient (Wildman–Crippen LogP) is 4.40.